The molecule has 2 N–H and O–H groups in total. The Morgan fingerprint density at radius 2 is 1.79 bits per heavy atom. The number of carboxylic acid groups (broad SMARTS) is 1. The Hall–Kier alpha value is -3.84. The van der Waals surface area contributed by atoms with Crippen LogP contribution in [-0.4, -0.2) is 35.7 Å². The van der Waals surface area contributed by atoms with Gasteiger partial charge in [0.15, 0.2) is 0 Å². The van der Waals surface area contributed by atoms with E-state index in [1.807, 2.05) is 62.4 Å². The van der Waals surface area contributed by atoms with Gasteiger partial charge in [0.25, 0.3) is 0 Å². The molecule has 33 heavy (non-hydrogen) atoms. The number of aliphatic carboxylic acids is 1. The average Bonchev–Trinajstić information content (AvgIpc) is 3.26. The van der Waals surface area contributed by atoms with E-state index in [0.717, 1.165) is 17.2 Å². The average molecular weight is 447 g/mol. The molecule has 0 spiro atoms. The molecule has 0 fully saturated rings. The molecule has 1 heterocycles. The van der Waals surface area contributed by atoms with Gasteiger partial charge in [0, 0.05) is 5.69 Å². The third-order valence-corrected chi connectivity index (χ3v) is 5.69. The van der Waals surface area contributed by atoms with Gasteiger partial charge >= 0.3 is 5.97 Å². The second-order valence-electron chi connectivity index (χ2n) is 8.33. The normalized spacial score (nSPS) is 18.5. The largest absolute Gasteiger partial charge is 0.489 e. The molecule has 0 aromatic heterocycles. The fourth-order valence-electron chi connectivity index (χ4n) is 4.01. The lowest BCUT2D eigenvalue weighted by atomic mass is 9.95. The molecule has 1 aliphatic heterocycles. The molecule has 0 aliphatic carbocycles. The Morgan fingerprint density at radius 3 is 2.45 bits per heavy atom. The molecule has 0 saturated carbocycles. The SMILES string of the molecule is CC(C)[C@@H](C1=CC(COc2ccccc2)(C(=O)O)ON1)N(C=O)c1ccc2ccccc2c1. The van der Waals surface area contributed by atoms with Gasteiger partial charge in [-0.25, -0.2) is 9.63 Å². The fourth-order valence-corrected chi connectivity index (χ4v) is 4.01. The number of rotatable bonds is 9. The van der Waals surface area contributed by atoms with Crippen molar-refractivity contribution in [2.24, 2.45) is 5.92 Å². The van der Waals surface area contributed by atoms with Gasteiger partial charge in [0.2, 0.25) is 12.0 Å². The van der Waals surface area contributed by atoms with Crippen molar-refractivity contribution >= 4 is 28.8 Å². The van der Waals surface area contributed by atoms with Crippen LogP contribution in [0.2, 0.25) is 0 Å². The molecule has 170 valence electrons. The molecule has 7 heteroatoms. The summed E-state index contributed by atoms with van der Waals surface area (Å²) < 4.78 is 5.69. The highest BCUT2D eigenvalue weighted by Gasteiger charge is 2.46. The zero-order chi connectivity index (χ0) is 23.4. The van der Waals surface area contributed by atoms with Crippen molar-refractivity contribution in [1.82, 2.24) is 5.48 Å². The molecule has 2 atom stereocenters. The summed E-state index contributed by atoms with van der Waals surface area (Å²) >= 11 is 0. The topological polar surface area (TPSA) is 88.1 Å². The number of amides is 1. The van der Waals surface area contributed by atoms with E-state index in [1.54, 1.807) is 29.2 Å². The monoisotopic (exact) mass is 446 g/mol. The summed E-state index contributed by atoms with van der Waals surface area (Å²) in [5, 5.41) is 12.0. The number of ether oxygens (including phenoxy) is 1. The van der Waals surface area contributed by atoms with Crippen LogP contribution < -0.4 is 15.1 Å². The first-order chi connectivity index (χ1) is 15.9. The standard InChI is InChI=1S/C26H26N2O5/c1-18(2)24(28(17-29)21-13-12-19-8-6-7-9-20(19)14-21)23-15-26(25(30)31,33-27-23)16-32-22-10-4-3-5-11-22/h3-15,17-18,24,27H,16H2,1-2H3,(H,30,31)/t24-,26?/m0/s1. The number of hydrogen-bond acceptors (Lipinski definition) is 5. The van der Waals surface area contributed by atoms with Crippen LogP contribution >= 0.6 is 0 Å². The lowest BCUT2D eigenvalue weighted by Gasteiger charge is -2.32. The van der Waals surface area contributed by atoms with Gasteiger partial charge in [-0.3, -0.25) is 10.3 Å². The predicted molar refractivity (Wildman–Crippen MR) is 126 cm³/mol. The van der Waals surface area contributed by atoms with Crippen LogP contribution in [0, 0.1) is 5.92 Å². The maximum atomic E-state index is 12.2. The van der Waals surface area contributed by atoms with Gasteiger partial charge in [0.1, 0.15) is 12.4 Å². The van der Waals surface area contributed by atoms with Gasteiger partial charge in [-0.05, 0) is 47.0 Å². The Balaban J connectivity index is 1.66. The zero-order valence-corrected chi connectivity index (χ0v) is 18.5. The number of carbonyl (C=O) groups excluding carboxylic acids is 1. The predicted octanol–water partition coefficient (Wildman–Crippen LogP) is 4.15. The first-order valence-electron chi connectivity index (χ1n) is 10.7. The van der Waals surface area contributed by atoms with Crippen molar-refractivity contribution < 1.29 is 24.3 Å². The lowest BCUT2D eigenvalue weighted by Crippen LogP contribution is -2.44. The van der Waals surface area contributed by atoms with Crippen molar-refractivity contribution in [1.29, 1.82) is 0 Å². The number of anilines is 1. The molecule has 0 radical (unpaired) electrons. The Kier molecular flexibility index (Phi) is 6.33. The number of fused-ring (bicyclic) bond motifs is 1. The highest BCUT2D eigenvalue weighted by Crippen LogP contribution is 2.32. The quantitative estimate of drug-likeness (QED) is 0.480. The summed E-state index contributed by atoms with van der Waals surface area (Å²) in [5.74, 6) is -0.690. The van der Waals surface area contributed by atoms with Crippen LogP contribution in [-0.2, 0) is 14.4 Å². The number of nitrogens with one attached hydrogen (secondary N) is 1. The number of para-hydroxylation sites is 1. The summed E-state index contributed by atoms with van der Waals surface area (Å²) in [5.41, 5.74) is 2.24. The van der Waals surface area contributed by atoms with Crippen LogP contribution in [0.4, 0.5) is 5.69 Å². The van der Waals surface area contributed by atoms with Gasteiger partial charge in [-0.2, -0.15) is 0 Å². The van der Waals surface area contributed by atoms with Gasteiger partial charge in [-0.1, -0.05) is 62.4 Å². The van der Waals surface area contributed by atoms with E-state index in [0.29, 0.717) is 17.1 Å². The lowest BCUT2D eigenvalue weighted by molar-refractivity contribution is -0.166. The van der Waals surface area contributed by atoms with Crippen LogP contribution in [0.5, 0.6) is 5.75 Å². The van der Waals surface area contributed by atoms with Crippen molar-refractivity contribution in [2.45, 2.75) is 25.5 Å². The zero-order valence-electron chi connectivity index (χ0n) is 18.5. The molecular weight excluding hydrogens is 420 g/mol. The van der Waals surface area contributed by atoms with E-state index in [-0.39, 0.29) is 12.5 Å². The summed E-state index contributed by atoms with van der Waals surface area (Å²) in [7, 11) is 0. The number of nitrogens with zero attached hydrogens (tertiary/aromatic N) is 1. The molecule has 1 aliphatic rings. The first kappa shape index (κ1) is 22.4. The van der Waals surface area contributed by atoms with Crippen molar-refractivity contribution in [2.75, 3.05) is 11.5 Å². The van der Waals surface area contributed by atoms with Crippen LogP contribution in [0.1, 0.15) is 13.8 Å². The van der Waals surface area contributed by atoms with Crippen LogP contribution in [0.3, 0.4) is 0 Å². The van der Waals surface area contributed by atoms with Crippen LogP contribution in [0.15, 0.2) is 84.6 Å². The van der Waals surface area contributed by atoms with Gasteiger partial charge in [0.05, 0.1) is 11.7 Å². The minimum Gasteiger partial charge on any atom is -0.489 e. The number of carboxylic acids is 1. The summed E-state index contributed by atoms with van der Waals surface area (Å²) in [6.07, 6.45) is 2.26. The Morgan fingerprint density at radius 1 is 1.09 bits per heavy atom. The molecule has 4 rings (SSSR count). The van der Waals surface area contributed by atoms with E-state index < -0.39 is 17.6 Å². The Labute approximate surface area is 192 Å². The fraction of sp³-hybridized carbons (Fsp3) is 0.231. The molecule has 3 aromatic rings. The molecule has 7 nitrogen and oxygen atoms in total. The summed E-state index contributed by atoms with van der Waals surface area (Å²) in [6, 6.07) is 22.2. The van der Waals surface area contributed by atoms with E-state index in [9.17, 15) is 14.7 Å². The van der Waals surface area contributed by atoms with E-state index >= 15 is 0 Å². The second-order valence-corrected chi connectivity index (χ2v) is 8.33. The third-order valence-electron chi connectivity index (χ3n) is 5.69. The molecular formula is C26H26N2O5. The van der Waals surface area contributed by atoms with E-state index in [2.05, 4.69) is 5.48 Å². The minimum absolute atomic E-state index is 0.0383. The van der Waals surface area contributed by atoms with E-state index in [1.165, 1.54) is 6.08 Å². The number of carbonyl (C=O) groups is 2. The molecule has 1 amide bonds. The maximum absolute atomic E-state index is 12.2. The smallest absolute Gasteiger partial charge is 0.346 e. The van der Waals surface area contributed by atoms with E-state index in [4.69, 9.17) is 9.57 Å². The number of hydroxylamine groups is 1. The molecule has 0 bridgehead atoms. The second kappa shape index (κ2) is 9.34. The van der Waals surface area contributed by atoms with Crippen molar-refractivity contribution in [3.05, 3.63) is 84.6 Å². The maximum Gasteiger partial charge on any atom is 0.346 e. The molecule has 3 aromatic carbocycles. The summed E-state index contributed by atoms with van der Waals surface area (Å²) in [4.78, 5) is 31.6. The first-order valence-corrected chi connectivity index (χ1v) is 10.7. The Bertz CT molecular complexity index is 1180. The van der Waals surface area contributed by atoms with Gasteiger partial charge < -0.3 is 14.7 Å². The molecule has 1 unspecified atom stereocenters. The van der Waals surface area contributed by atoms with Gasteiger partial charge in [-0.15, -0.1) is 0 Å². The highest BCUT2D eigenvalue weighted by molar-refractivity contribution is 5.89. The molecule has 0 saturated heterocycles. The van der Waals surface area contributed by atoms with Crippen LogP contribution in [0.25, 0.3) is 10.8 Å². The third kappa shape index (κ3) is 4.54. The number of hydrogen-bond donors (Lipinski definition) is 2. The summed E-state index contributed by atoms with van der Waals surface area (Å²) in [6.45, 7) is 3.70. The highest BCUT2D eigenvalue weighted by atomic mass is 16.7. The van der Waals surface area contributed by atoms with Crippen molar-refractivity contribution in [3.8, 4) is 5.75 Å². The van der Waals surface area contributed by atoms with Crippen molar-refractivity contribution in [3.63, 3.8) is 0 Å². The number of benzene rings is 3. The minimum atomic E-state index is -1.73.